The molecule has 2 aliphatic heterocycles. The molecule has 2 aliphatic rings. The fourth-order valence-corrected chi connectivity index (χ4v) is 6.26. The molecule has 0 aliphatic carbocycles. The Kier molecular flexibility index (Phi) is 8.09. The van der Waals surface area contributed by atoms with E-state index >= 15 is 0 Å². The summed E-state index contributed by atoms with van der Waals surface area (Å²) in [7, 11) is 1.72. The summed E-state index contributed by atoms with van der Waals surface area (Å²) in [6.07, 6.45) is 1.25. The highest BCUT2D eigenvalue weighted by atomic mass is 79.9. The van der Waals surface area contributed by atoms with Crippen molar-refractivity contribution >= 4 is 49.5 Å². The Morgan fingerprint density at radius 2 is 1.60 bits per heavy atom. The normalized spacial score (nSPS) is 16.4. The maximum atomic E-state index is 13.5. The van der Waals surface area contributed by atoms with Crippen LogP contribution in [0.25, 0.3) is 21.8 Å². The second-order valence-electron chi connectivity index (χ2n) is 10.5. The molecule has 11 nitrogen and oxygen atoms in total. The topological polar surface area (TPSA) is 104 Å². The Labute approximate surface area is 251 Å². The lowest BCUT2D eigenvalue weighted by Crippen LogP contribution is -2.45. The molecule has 2 saturated heterocycles. The largest absolute Gasteiger partial charge is 0.490 e. The van der Waals surface area contributed by atoms with Crippen LogP contribution in [0.1, 0.15) is 32.7 Å². The Morgan fingerprint density at radius 1 is 0.905 bits per heavy atom. The number of hydrogen-bond acceptors (Lipinski definition) is 9. The average Bonchev–Trinajstić information content (AvgIpc) is 3.01. The standard InChI is InChI=1S/C30H35BrN6O5/c1-4-41-25-17-21-23(18-26(25)42-5-2)32-29(36-12-14-40-15-13-36)33-27(21)35-10-8-20(9-11-35)37-28(38)22-16-19(31)6-7-24(22)34(3)30(37)39/h6-7,16-18,20H,4-5,8-15H2,1-3H3. The fraction of sp³-hybridized carbons (Fsp3) is 0.467. The number of ether oxygens (including phenoxy) is 3. The average molecular weight is 640 g/mol. The van der Waals surface area contributed by atoms with Crippen molar-refractivity contribution in [2.45, 2.75) is 32.7 Å². The molecule has 0 bridgehead atoms. The highest BCUT2D eigenvalue weighted by molar-refractivity contribution is 9.10. The fourth-order valence-electron chi connectivity index (χ4n) is 5.90. The van der Waals surface area contributed by atoms with Crippen molar-refractivity contribution in [2.24, 2.45) is 7.05 Å². The maximum absolute atomic E-state index is 13.5. The molecule has 4 aromatic rings. The molecule has 0 spiro atoms. The Morgan fingerprint density at radius 3 is 2.29 bits per heavy atom. The quantitative estimate of drug-likeness (QED) is 0.298. The second-order valence-corrected chi connectivity index (χ2v) is 11.4. The third-order valence-electron chi connectivity index (χ3n) is 8.01. The van der Waals surface area contributed by atoms with Gasteiger partial charge in [-0.15, -0.1) is 0 Å². The van der Waals surface area contributed by atoms with E-state index in [1.165, 1.54) is 4.57 Å². The van der Waals surface area contributed by atoms with Gasteiger partial charge in [-0.2, -0.15) is 4.98 Å². The zero-order chi connectivity index (χ0) is 29.4. The smallest absolute Gasteiger partial charge is 0.331 e. The van der Waals surface area contributed by atoms with E-state index in [1.807, 2.05) is 32.0 Å². The molecule has 0 N–H and O–H groups in total. The van der Waals surface area contributed by atoms with Crippen LogP contribution >= 0.6 is 15.9 Å². The van der Waals surface area contributed by atoms with Crippen molar-refractivity contribution in [3.63, 3.8) is 0 Å². The number of hydrogen-bond donors (Lipinski definition) is 0. The van der Waals surface area contributed by atoms with Crippen molar-refractivity contribution < 1.29 is 14.2 Å². The first-order chi connectivity index (χ1) is 20.4. The molecule has 0 amide bonds. The molecule has 0 atom stereocenters. The summed E-state index contributed by atoms with van der Waals surface area (Å²) in [5, 5.41) is 1.40. The molecule has 0 unspecified atom stereocenters. The van der Waals surface area contributed by atoms with Crippen molar-refractivity contribution in [3.05, 3.63) is 55.6 Å². The minimum absolute atomic E-state index is 0.216. The van der Waals surface area contributed by atoms with Crippen molar-refractivity contribution in [2.75, 3.05) is 62.4 Å². The highest BCUT2D eigenvalue weighted by Gasteiger charge is 2.28. The monoisotopic (exact) mass is 638 g/mol. The molecule has 4 heterocycles. The third-order valence-corrected chi connectivity index (χ3v) is 8.51. The molecule has 2 fully saturated rings. The number of halogens is 1. The van der Waals surface area contributed by atoms with Gasteiger partial charge in [-0.1, -0.05) is 15.9 Å². The van der Waals surface area contributed by atoms with Gasteiger partial charge in [0, 0.05) is 55.2 Å². The van der Waals surface area contributed by atoms with Gasteiger partial charge in [0.05, 0.1) is 42.8 Å². The van der Waals surface area contributed by atoms with E-state index in [9.17, 15) is 9.59 Å². The van der Waals surface area contributed by atoms with E-state index in [0.717, 1.165) is 21.2 Å². The van der Waals surface area contributed by atoms with Crippen LogP contribution in [0.15, 0.2) is 44.4 Å². The molecule has 12 heteroatoms. The van der Waals surface area contributed by atoms with Gasteiger partial charge in [0.15, 0.2) is 11.5 Å². The van der Waals surface area contributed by atoms with Crippen LogP contribution < -0.4 is 30.5 Å². The highest BCUT2D eigenvalue weighted by Crippen LogP contribution is 2.38. The molecule has 0 radical (unpaired) electrons. The van der Waals surface area contributed by atoms with E-state index in [1.54, 1.807) is 23.7 Å². The SMILES string of the molecule is CCOc1cc2nc(N3CCOCC3)nc(N3CCC(n4c(=O)c5cc(Br)ccc5n(C)c4=O)CC3)c2cc1OCC. The predicted molar refractivity (Wildman–Crippen MR) is 167 cm³/mol. The van der Waals surface area contributed by atoms with Gasteiger partial charge in [-0.05, 0) is 51.0 Å². The lowest BCUT2D eigenvalue weighted by molar-refractivity contribution is 0.122. The Balaban J connectivity index is 1.38. The number of aryl methyl sites for hydroxylation is 1. The van der Waals surface area contributed by atoms with Crippen LogP contribution in [-0.4, -0.2) is 71.7 Å². The minimum atomic E-state index is -0.292. The summed E-state index contributed by atoms with van der Waals surface area (Å²) in [5.74, 6) is 2.77. The molecule has 222 valence electrons. The molecule has 2 aromatic heterocycles. The van der Waals surface area contributed by atoms with Crippen LogP contribution in [0.2, 0.25) is 0 Å². The maximum Gasteiger partial charge on any atom is 0.331 e. The number of anilines is 2. The molecule has 2 aromatic carbocycles. The second kappa shape index (κ2) is 11.9. The van der Waals surface area contributed by atoms with E-state index in [2.05, 4.69) is 25.7 Å². The summed E-state index contributed by atoms with van der Waals surface area (Å²) in [6.45, 7) is 8.85. The van der Waals surface area contributed by atoms with E-state index in [0.29, 0.717) is 93.8 Å². The molecule has 6 rings (SSSR count). The lowest BCUT2D eigenvalue weighted by atomic mass is 10.0. The minimum Gasteiger partial charge on any atom is -0.490 e. The lowest BCUT2D eigenvalue weighted by Gasteiger charge is -2.35. The number of piperidine rings is 1. The van der Waals surface area contributed by atoms with Crippen LogP contribution in [0.5, 0.6) is 11.5 Å². The van der Waals surface area contributed by atoms with Gasteiger partial charge in [-0.3, -0.25) is 13.9 Å². The number of rotatable bonds is 7. The van der Waals surface area contributed by atoms with Crippen LogP contribution in [0.3, 0.4) is 0 Å². The summed E-state index contributed by atoms with van der Waals surface area (Å²) in [6, 6.07) is 9.11. The van der Waals surface area contributed by atoms with Gasteiger partial charge in [-0.25, -0.2) is 9.78 Å². The third kappa shape index (κ3) is 5.22. The van der Waals surface area contributed by atoms with Crippen molar-refractivity contribution in [1.29, 1.82) is 0 Å². The molecular weight excluding hydrogens is 604 g/mol. The van der Waals surface area contributed by atoms with Gasteiger partial charge in [0.25, 0.3) is 5.56 Å². The first-order valence-corrected chi connectivity index (χ1v) is 15.3. The van der Waals surface area contributed by atoms with E-state index in [-0.39, 0.29) is 17.3 Å². The number of fused-ring (bicyclic) bond motifs is 2. The van der Waals surface area contributed by atoms with E-state index in [4.69, 9.17) is 24.2 Å². The van der Waals surface area contributed by atoms with E-state index < -0.39 is 0 Å². The summed E-state index contributed by atoms with van der Waals surface area (Å²) < 4.78 is 21.2. The van der Waals surface area contributed by atoms with Crippen LogP contribution in [-0.2, 0) is 11.8 Å². The van der Waals surface area contributed by atoms with Gasteiger partial charge in [0.2, 0.25) is 5.95 Å². The number of aromatic nitrogens is 4. The van der Waals surface area contributed by atoms with Crippen LogP contribution in [0, 0.1) is 0 Å². The van der Waals surface area contributed by atoms with Crippen LogP contribution in [0.4, 0.5) is 11.8 Å². The Hall–Kier alpha value is -3.64. The van der Waals surface area contributed by atoms with Crippen molar-refractivity contribution in [3.8, 4) is 11.5 Å². The number of morpholine rings is 1. The number of benzene rings is 2. The summed E-state index contributed by atoms with van der Waals surface area (Å²) in [5.41, 5.74) is 0.863. The first-order valence-electron chi connectivity index (χ1n) is 14.5. The van der Waals surface area contributed by atoms with Gasteiger partial charge < -0.3 is 24.0 Å². The zero-order valence-corrected chi connectivity index (χ0v) is 25.7. The number of nitrogens with zero attached hydrogens (tertiary/aromatic N) is 6. The summed E-state index contributed by atoms with van der Waals surface area (Å²) in [4.78, 5) is 41.3. The molecule has 0 saturated carbocycles. The predicted octanol–water partition coefficient (Wildman–Crippen LogP) is 3.88. The first kappa shape index (κ1) is 28.5. The van der Waals surface area contributed by atoms with Gasteiger partial charge in [0.1, 0.15) is 5.82 Å². The summed E-state index contributed by atoms with van der Waals surface area (Å²) >= 11 is 3.46. The van der Waals surface area contributed by atoms with Crippen molar-refractivity contribution in [1.82, 2.24) is 19.1 Å². The molecular formula is C30H35BrN6O5. The zero-order valence-electron chi connectivity index (χ0n) is 24.1. The Bertz CT molecular complexity index is 1740. The van der Waals surface area contributed by atoms with Gasteiger partial charge >= 0.3 is 5.69 Å². The molecule has 42 heavy (non-hydrogen) atoms.